The Morgan fingerprint density at radius 3 is 3.00 bits per heavy atom. The Hall–Kier alpha value is -1.25. The highest BCUT2D eigenvalue weighted by molar-refractivity contribution is 6.33. The molecule has 2 N–H and O–H groups in total. The van der Waals surface area contributed by atoms with Crippen LogP contribution in [-0.4, -0.2) is 6.04 Å². The van der Waals surface area contributed by atoms with Gasteiger partial charge >= 0.3 is 0 Å². The maximum atomic E-state index is 6.07. The van der Waals surface area contributed by atoms with Crippen LogP contribution >= 0.6 is 11.6 Å². The molecule has 1 atom stereocenters. The largest absolute Gasteiger partial charge is 0.321 e. The third kappa shape index (κ3) is 4.12. The van der Waals surface area contributed by atoms with E-state index in [0.717, 1.165) is 17.1 Å². The fourth-order valence-corrected chi connectivity index (χ4v) is 2.41. The van der Waals surface area contributed by atoms with Gasteiger partial charge in [-0.05, 0) is 55.2 Å². The van der Waals surface area contributed by atoms with Gasteiger partial charge in [0.05, 0.1) is 0 Å². The molecular formula is C16H21ClN2. The molecule has 0 fully saturated rings. The molecule has 0 aliphatic heterocycles. The smallest absolute Gasteiger partial charge is 0.0490 e. The van der Waals surface area contributed by atoms with Crippen LogP contribution in [0, 0.1) is 0 Å². The highest BCUT2D eigenvalue weighted by Gasteiger charge is 2.05. The standard InChI is InChI=1S/C16H21ClN2/c1-3-5-12(2)18-19-16-9-8-14-10-15(17)7-4-6-13(14)11-16/h4,7-12,18-19H,3,5-6H2,1-2H3/t12-/m1/s1. The summed E-state index contributed by atoms with van der Waals surface area (Å²) in [6.45, 7) is 4.38. The van der Waals surface area contributed by atoms with Gasteiger partial charge in [0.2, 0.25) is 0 Å². The van der Waals surface area contributed by atoms with E-state index in [-0.39, 0.29) is 0 Å². The van der Waals surface area contributed by atoms with Crippen molar-refractivity contribution in [2.24, 2.45) is 0 Å². The van der Waals surface area contributed by atoms with Crippen LogP contribution in [0.4, 0.5) is 5.69 Å². The minimum absolute atomic E-state index is 0.470. The average molecular weight is 277 g/mol. The predicted octanol–water partition coefficient (Wildman–Crippen LogP) is 4.48. The van der Waals surface area contributed by atoms with Crippen LogP contribution in [0.1, 0.15) is 37.8 Å². The zero-order valence-electron chi connectivity index (χ0n) is 11.5. The van der Waals surface area contributed by atoms with Gasteiger partial charge in [0, 0.05) is 16.8 Å². The molecule has 0 radical (unpaired) electrons. The minimum atomic E-state index is 0.470. The van der Waals surface area contributed by atoms with Crippen molar-refractivity contribution in [3.05, 3.63) is 46.5 Å². The van der Waals surface area contributed by atoms with Gasteiger partial charge in [-0.2, -0.15) is 0 Å². The zero-order chi connectivity index (χ0) is 13.7. The van der Waals surface area contributed by atoms with Crippen molar-refractivity contribution in [3.63, 3.8) is 0 Å². The number of hydrogen-bond acceptors (Lipinski definition) is 2. The molecule has 19 heavy (non-hydrogen) atoms. The second-order valence-electron chi connectivity index (χ2n) is 5.01. The summed E-state index contributed by atoms with van der Waals surface area (Å²) in [4.78, 5) is 0. The summed E-state index contributed by atoms with van der Waals surface area (Å²) in [6.07, 6.45) is 9.34. The second kappa shape index (κ2) is 6.78. The number of hydrazine groups is 1. The first-order chi connectivity index (χ1) is 9.19. The van der Waals surface area contributed by atoms with E-state index in [1.54, 1.807) is 0 Å². The molecule has 3 heteroatoms. The Labute approximate surface area is 120 Å². The predicted molar refractivity (Wildman–Crippen MR) is 84.2 cm³/mol. The van der Waals surface area contributed by atoms with Crippen LogP contribution in [0.3, 0.4) is 0 Å². The van der Waals surface area contributed by atoms with E-state index in [1.165, 1.54) is 24.0 Å². The lowest BCUT2D eigenvalue weighted by molar-refractivity contribution is 0.553. The molecule has 102 valence electrons. The van der Waals surface area contributed by atoms with E-state index >= 15 is 0 Å². The number of allylic oxidation sites excluding steroid dienone is 3. The summed E-state index contributed by atoms with van der Waals surface area (Å²) in [6, 6.07) is 6.84. The van der Waals surface area contributed by atoms with Gasteiger partial charge in [-0.15, -0.1) is 0 Å². The Balaban J connectivity index is 2.05. The zero-order valence-corrected chi connectivity index (χ0v) is 12.3. The molecule has 2 rings (SSSR count). The van der Waals surface area contributed by atoms with Crippen LogP contribution in [-0.2, 0) is 6.42 Å². The topological polar surface area (TPSA) is 24.1 Å². The number of benzene rings is 1. The summed E-state index contributed by atoms with van der Waals surface area (Å²) in [7, 11) is 0. The summed E-state index contributed by atoms with van der Waals surface area (Å²) in [5, 5.41) is 0.786. The number of fused-ring (bicyclic) bond motifs is 1. The average Bonchev–Trinajstić information content (AvgIpc) is 2.57. The Kier molecular flexibility index (Phi) is 5.06. The lowest BCUT2D eigenvalue weighted by Gasteiger charge is -2.16. The number of halogens is 1. The maximum absolute atomic E-state index is 6.07. The first-order valence-electron chi connectivity index (χ1n) is 6.87. The normalized spacial score (nSPS) is 15.4. The van der Waals surface area contributed by atoms with Crippen LogP contribution in [0.2, 0.25) is 0 Å². The van der Waals surface area contributed by atoms with Crippen molar-refractivity contribution >= 4 is 23.4 Å². The van der Waals surface area contributed by atoms with Crippen molar-refractivity contribution in [1.82, 2.24) is 5.43 Å². The van der Waals surface area contributed by atoms with Gasteiger partial charge in [0.1, 0.15) is 0 Å². The Morgan fingerprint density at radius 1 is 1.37 bits per heavy atom. The van der Waals surface area contributed by atoms with E-state index in [2.05, 4.69) is 49.0 Å². The van der Waals surface area contributed by atoms with E-state index < -0.39 is 0 Å². The molecule has 1 aromatic rings. The van der Waals surface area contributed by atoms with Gasteiger partial charge in [0.25, 0.3) is 0 Å². The van der Waals surface area contributed by atoms with Gasteiger partial charge in [-0.3, -0.25) is 0 Å². The monoisotopic (exact) mass is 276 g/mol. The molecule has 1 aliphatic rings. The fraction of sp³-hybridized carbons (Fsp3) is 0.375. The Bertz CT molecular complexity index is 492. The van der Waals surface area contributed by atoms with Crippen LogP contribution in [0.25, 0.3) is 6.08 Å². The van der Waals surface area contributed by atoms with E-state index in [0.29, 0.717) is 6.04 Å². The summed E-state index contributed by atoms with van der Waals surface area (Å²) >= 11 is 6.07. The van der Waals surface area contributed by atoms with Crippen molar-refractivity contribution < 1.29 is 0 Å². The van der Waals surface area contributed by atoms with Gasteiger partial charge in [0.15, 0.2) is 0 Å². The van der Waals surface area contributed by atoms with Crippen molar-refractivity contribution in [2.45, 2.75) is 39.2 Å². The minimum Gasteiger partial charge on any atom is -0.321 e. The fourth-order valence-electron chi connectivity index (χ4n) is 2.21. The molecule has 0 heterocycles. The summed E-state index contributed by atoms with van der Waals surface area (Å²) in [5.74, 6) is 0. The van der Waals surface area contributed by atoms with Gasteiger partial charge in [-0.1, -0.05) is 37.1 Å². The molecule has 0 aromatic heterocycles. The third-order valence-corrected chi connectivity index (χ3v) is 3.47. The molecule has 1 aliphatic carbocycles. The molecule has 0 saturated heterocycles. The molecule has 1 aromatic carbocycles. The number of rotatable bonds is 5. The van der Waals surface area contributed by atoms with Crippen LogP contribution in [0.15, 0.2) is 35.4 Å². The highest BCUT2D eigenvalue weighted by atomic mass is 35.5. The highest BCUT2D eigenvalue weighted by Crippen LogP contribution is 2.23. The quantitative estimate of drug-likeness (QED) is 0.775. The Morgan fingerprint density at radius 2 is 2.21 bits per heavy atom. The van der Waals surface area contributed by atoms with E-state index in [1.807, 2.05) is 12.2 Å². The van der Waals surface area contributed by atoms with Gasteiger partial charge < -0.3 is 5.43 Å². The molecule has 0 bridgehead atoms. The number of nitrogens with one attached hydrogen (secondary N) is 2. The van der Waals surface area contributed by atoms with Crippen molar-refractivity contribution in [3.8, 4) is 0 Å². The molecule has 2 nitrogen and oxygen atoms in total. The first-order valence-corrected chi connectivity index (χ1v) is 7.25. The lowest BCUT2D eigenvalue weighted by Crippen LogP contribution is -2.31. The molecular weight excluding hydrogens is 256 g/mol. The van der Waals surface area contributed by atoms with Crippen LogP contribution < -0.4 is 10.9 Å². The second-order valence-corrected chi connectivity index (χ2v) is 5.44. The SMILES string of the molecule is CCC[C@@H](C)NNc1ccc2c(c1)CC=CC(Cl)=C2. The van der Waals surface area contributed by atoms with Gasteiger partial charge in [-0.25, -0.2) is 5.43 Å². The lowest BCUT2D eigenvalue weighted by atomic mass is 10.0. The van der Waals surface area contributed by atoms with E-state index in [4.69, 9.17) is 11.6 Å². The maximum Gasteiger partial charge on any atom is 0.0490 e. The molecule has 0 amide bonds. The molecule has 0 saturated carbocycles. The van der Waals surface area contributed by atoms with Crippen molar-refractivity contribution in [2.75, 3.05) is 5.43 Å². The number of anilines is 1. The van der Waals surface area contributed by atoms with Crippen LogP contribution in [0.5, 0.6) is 0 Å². The molecule has 0 spiro atoms. The molecule has 0 unspecified atom stereocenters. The van der Waals surface area contributed by atoms with E-state index in [9.17, 15) is 0 Å². The first kappa shape index (κ1) is 14.2. The number of hydrogen-bond donors (Lipinski definition) is 2. The van der Waals surface area contributed by atoms with Crippen molar-refractivity contribution in [1.29, 1.82) is 0 Å². The summed E-state index contributed by atoms with van der Waals surface area (Å²) in [5.41, 5.74) is 10.2. The summed E-state index contributed by atoms with van der Waals surface area (Å²) < 4.78 is 0. The third-order valence-electron chi connectivity index (χ3n) is 3.24.